The summed E-state index contributed by atoms with van der Waals surface area (Å²) in [5.74, 6) is -0.946. The fourth-order valence-electron chi connectivity index (χ4n) is 4.86. The van der Waals surface area contributed by atoms with Crippen LogP contribution >= 0.6 is 12.2 Å². The first-order valence-corrected chi connectivity index (χ1v) is 11.7. The van der Waals surface area contributed by atoms with E-state index in [1.165, 1.54) is 0 Å². The Morgan fingerprint density at radius 3 is 2.57 bits per heavy atom. The van der Waals surface area contributed by atoms with Crippen molar-refractivity contribution in [3.05, 3.63) is 113 Å². The lowest BCUT2D eigenvalue weighted by Crippen LogP contribution is -2.29. The van der Waals surface area contributed by atoms with Crippen molar-refractivity contribution in [2.24, 2.45) is 0 Å². The van der Waals surface area contributed by atoms with Crippen LogP contribution in [0.1, 0.15) is 50.7 Å². The lowest BCUT2D eigenvalue weighted by Gasteiger charge is -2.28. The lowest BCUT2D eigenvalue weighted by atomic mass is 9.96. The first-order chi connectivity index (χ1) is 16.9. The Hall–Kier alpha value is -4.04. The van der Waals surface area contributed by atoms with Crippen LogP contribution in [0.5, 0.6) is 0 Å². The number of carboxylic acids is 1. The van der Waals surface area contributed by atoms with Crippen LogP contribution in [0.15, 0.2) is 79.3 Å². The molecule has 5 rings (SSSR count). The minimum Gasteiger partial charge on any atom is -0.478 e. The van der Waals surface area contributed by atoms with E-state index < -0.39 is 5.97 Å². The van der Waals surface area contributed by atoms with Crippen LogP contribution in [-0.2, 0) is 6.54 Å². The fourth-order valence-corrected chi connectivity index (χ4v) is 5.17. The molecule has 2 N–H and O–H groups in total. The second kappa shape index (κ2) is 9.31. The number of carbonyl (C=O) groups is 1. The molecule has 0 radical (unpaired) electrons. The highest BCUT2D eigenvalue weighted by Gasteiger charge is 2.41. The summed E-state index contributed by atoms with van der Waals surface area (Å²) in [6.45, 7) is 4.73. The molecule has 0 unspecified atom stereocenters. The molecule has 7 nitrogen and oxygen atoms in total. The molecule has 8 heteroatoms. The number of pyridine rings is 2. The lowest BCUT2D eigenvalue weighted by molar-refractivity contribution is 0.0697. The van der Waals surface area contributed by atoms with Gasteiger partial charge in [-0.2, -0.15) is 0 Å². The maximum Gasteiger partial charge on any atom is 0.335 e. The summed E-state index contributed by atoms with van der Waals surface area (Å²) < 4.78 is 2.10. The predicted octanol–water partition coefficient (Wildman–Crippen LogP) is 4.76. The minimum absolute atomic E-state index is 0.104. The van der Waals surface area contributed by atoms with Gasteiger partial charge in [0.2, 0.25) is 0 Å². The summed E-state index contributed by atoms with van der Waals surface area (Å²) in [4.78, 5) is 22.5. The molecule has 0 bridgehead atoms. The normalized spacial score (nSPS) is 17.4. The second-order valence-electron chi connectivity index (χ2n) is 8.63. The average Bonchev–Trinajstić information content (AvgIpc) is 3.35. The number of nitrogens with zero attached hydrogens (tertiary/aromatic N) is 4. The van der Waals surface area contributed by atoms with E-state index in [1.54, 1.807) is 36.8 Å². The fraction of sp³-hybridized carbons (Fsp3) is 0.185. The average molecular weight is 484 g/mol. The Morgan fingerprint density at radius 1 is 1.06 bits per heavy atom. The summed E-state index contributed by atoms with van der Waals surface area (Å²) >= 11 is 5.82. The van der Waals surface area contributed by atoms with Crippen molar-refractivity contribution in [2.45, 2.75) is 32.5 Å². The molecule has 3 aromatic heterocycles. The Balaban J connectivity index is 1.62. The number of aryl methyl sites for hydroxylation is 1. The quantitative estimate of drug-likeness (QED) is 0.383. The third kappa shape index (κ3) is 4.28. The summed E-state index contributed by atoms with van der Waals surface area (Å²) in [6, 6.07) is 18.8. The summed E-state index contributed by atoms with van der Waals surface area (Å²) in [5, 5.41) is 13.7. The zero-order valence-corrected chi connectivity index (χ0v) is 20.2. The van der Waals surface area contributed by atoms with Crippen LogP contribution in [0.4, 0.5) is 0 Å². The van der Waals surface area contributed by atoms with E-state index in [4.69, 9.17) is 12.2 Å². The first kappa shape index (κ1) is 22.7. The van der Waals surface area contributed by atoms with Crippen molar-refractivity contribution in [2.75, 3.05) is 0 Å². The highest BCUT2D eigenvalue weighted by molar-refractivity contribution is 7.80. The van der Waals surface area contributed by atoms with Crippen molar-refractivity contribution in [1.29, 1.82) is 0 Å². The van der Waals surface area contributed by atoms with E-state index >= 15 is 0 Å². The largest absolute Gasteiger partial charge is 0.478 e. The van der Waals surface area contributed by atoms with Gasteiger partial charge in [-0.25, -0.2) is 4.79 Å². The molecule has 176 valence electrons. The molecule has 4 heterocycles. The van der Waals surface area contributed by atoms with Gasteiger partial charge in [0.25, 0.3) is 0 Å². The number of nitrogens with one attached hydrogen (secondary N) is 1. The highest BCUT2D eigenvalue weighted by Crippen LogP contribution is 2.42. The molecule has 1 fully saturated rings. The van der Waals surface area contributed by atoms with E-state index in [0.717, 1.165) is 33.9 Å². The third-order valence-corrected chi connectivity index (χ3v) is 6.79. The molecular formula is C27H25N5O2S. The molecule has 4 aromatic rings. The molecule has 0 spiro atoms. The van der Waals surface area contributed by atoms with Crippen molar-refractivity contribution in [3.8, 4) is 5.69 Å². The SMILES string of the molecule is Cc1cc([C@H]2[C@H](c3ccccn3)NC(=S)N2Cc2ccncc2)c(C)n1-c1cccc(C(=O)O)c1. The molecule has 0 saturated carbocycles. The standard InChI is InChI=1S/C27H25N5O2S/c1-17-14-22(18(2)32(17)21-7-5-6-20(15-21)26(33)34)25-24(23-8-3-4-11-29-23)30-27(35)31(25)16-19-9-12-28-13-10-19/h3-15,24-25H,16H2,1-2H3,(H,30,35)(H,33,34)/t24-,25-/m0/s1. The molecule has 0 amide bonds. The summed E-state index contributed by atoms with van der Waals surface area (Å²) in [5.41, 5.74) is 6.25. The number of carboxylic acid groups (broad SMARTS) is 1. The maximum atomic E-state index is 11.6. The topological polar surface area (TPSA) is 83.3 Å². The number of aromatic nitrogens is 3. The molecule has 1 aliphatic heterocycles. The number of aromatic carboxylic acids is 1. The first-order valence-electron chi connectivity index (χ1n) is 11.3. The van der Waals surface area contributed by atoms with Gasteiger partial charge in [-0.1, -0.05) is 12.1 Å². The zero-order valence-electron chi connectivity index (χ0n) is 19.4. The highest BCUT2D eigenvalue weighted by atomic mass is 32.1. The van der Waals surface area contributed by atoms with Crippen molar-refractivity contribution in [3.63, 3.8) is 0 Å². The van der Waals surface area contributed by atoms with Crippen molar-refractivity contribution in [1.82, 2.24) is 24.8 Å². The van der Waals surface area contributed by atoms with Crippen LogP contribution in [0.2, 0.25) is 0 Å². The smallest absolute Gasteiger partial charge is 0.335 e. The van der Waals surface area contributed by atoms with E-state index in [2.05, 4.69) is 37.7 Å². The molecule has 1 aliphatic rings. The van der Waals surface area contributed by atoms with Gasteiger partial charge in [-0.3, -0.25) is 9.97 Å². The monoisotopic (exact) mass is 483 g/mol. The van der Waals surface area contributed by atoms with Gasteiger partial charge < -0.3 is 19.9 Å². The van der Waals surface area contributed by atoms with Gasteiger partial charge in [0.05, 0.1) is 23.3 Å². The number of thiocarbonyl (C=S) groups is 1. The molecule has 2 atom stereocenters. The van der Waals surface area contributed by atoms with Gasteiger partial charge in [0.15, 0.2) is 5.11 Å². The van der Waals surface area contributed by atoms with Gasteiger partial charge in [0.1, 0.15) is 0 Å². The van der Waals surface area contributed by atoms with E-state index in [9.17, 15) is 9.90 Å². The third-order valence-electron chi connectivity index (χ3n) is 6.44. The summed E-state index contributed by atoms with van der Waals surface area (Å²) in [6.07, 6.45) is 5.37. The Labute approximate surface area is 209 Å². The second-order valence-corrected chi connectivity index (χ2v) is 9.01. The van der Waals surface area contributed by atoms with Crippen molar-refractivity contribution >= 4 is 23.3 Å². The van der Waals surface area contributed by atoms with Crippen LogP contribution in [0.3, 0.4) is 0 Å². The summed E-state index contributed by atoms with van der Waals surface area (Å²) in [7, 11) is 0. The van der Waals surface area contributed by atoms with Crippen LogP contribution in [-0.4, -0.2) is 35.6 Å². The molecular weight excluding hydrogens is 458 g/mol. The molecule has 1 aromatic carbocycles. The van der Waals surface area contributed by atoms with E-state index in [0.29, 0.717) is 11.7 Å². The van der Waals surface area contributed by atoms with Crippen molar-refractivity contribution < 1.29 is 9.90 Å². The number of benzene rings is 1. The Kier molecular flexibility index (Phi) is 6.05. The van der Waals surface area contributed by atoms with Crippen LogP contribution in [0.25, 0.3) is 5.69 Å². The number of hydrogen-bond donors (Lipinski definition) is 2. The van der Waals surface area contributed by atoms with Gasteiger partial charge in [-0.15, -0.1) is 0 Å². The van der Waals surface area contributed by atoms with E-state index in [1.807, 2.05) is 43.3 Å². The van der Waals surface area contributed by atoms with E-state index in [-0.39, 0.29) is 17.6 Å². The van der Waals surface area contributed by atoms with Gasteiger partial charge >= 0.3 is 5.97 Å². The van der Waals surface area contributed by atoms with Gasteiger partial charge in [-0.05, 0) is 85.7 Å². The van der Waals surface area contributed by atoms with Crippen LogP contribution in [0, 0.1) is 13.8 Å². The Morgan fingerprint density at radius 2 is 1.86 bits per heavy atom. The Bertz CT molecular complexity index is 1390. The maximum absolute atomic E-state index is 11.6. The number of hydrogen-bond acceptors (Lipinski definition) is 4. The zero-order chi connectivity index (χ0) is 24.5. The minimum atomic E-state index is -0.946. The molecule has 1 saturated heterocycles. The van der Waals surface area contributed by atoms with Gasteiger partial charge in [0, 0.05) is 42.2 Å². The predicted molar refractivity (Wildman–Crippen MR) is 137 cm³/mol. The number of rotatable bonds is 6. The molecule has 0 aliphatic carbocycles. The molecule has 35 heavy (non-hydrogen) atoms. The van der Waals surface area contributed by atoms with Crippen LogP contribution < -0.4 is 5.32 Å².